The maximum absolute atomic E-state index is 12.4. The summed E-state index contributed by atoms with van der Waals surface area (Å²) in [6.07, 6.45) is 2.68. The number of aryl methyl sites for hydroxylation is 1. The molecule has 3 aromatic rings. The Morgan fingerprint density at radius 2 is 1.86 bits per heavy atom. The van der Waals surface area contributed by atoms with E-state index in [-0.39, 0.29) is 12.0 Å². The lowest BCUT2D eigenvalue weighted by molar-refractivity contribution is -0.117. The van der Waals surface area contributed by atoms with E-state index in [9.17, 15) is 9.59 Å². The van der Waals surface area contributed by atoms with E-state index in [0.717, 1.165) is 24.2 Å². The molecule has 1 aliphatic rings. The minimum atomic E-state index is -0.782. The van der Waals surface area contributed by atoms with Crippen molar-refractivity contribution in [2.24, 2.45) is 0 Å². The van der Waals surface area contributed by atoms with Gasteiger partial charge in [0.05, 0.1) is 11.9 Å². The van der Waals surface area contributed by atoms with Gasteiger partial charge in [-0.2, -0.15) is 0 Å². The smallest absolute Gasteiger partial charge is 0.408 e. The lowest BCUT2D eigenvalue weighted by Gasteiger charge is -2.26. The van der Waals surface area contributed by atoms with Crippen LogP contribution in [-0.2, 0) is 16.0 Å². The third kappa shape index (κ3) is 6.75. The van der Waals surface area contributed by atoms with Crippen molar-refractivity contribution in [1.82, 2.24) is 10.3 Å². The van der Waals surface area contributed by atoms with Crippen molar-refractivity contribution in [2.45, 2.75) is 58.3 Å². The van der Waals surface area contributed by atoms with Crippen molar-refractivity contribution in [1.29, 1.82) is 0 Å². The molecule has 0 bridgehead atoms. The van der Waals surface area contributed by atoms with Crippen LogP contribution in [0.15, 0.2) is 66.9 Å². The highest BCUT2D eigenvalue weighted by molar-refractivity contribution is 5.96. The summed E-state index contributed by atoms with van der Waals surface area (Å²) in [7, 11) is 0. The molecule has 2 unspecified atom stereocenters. The topological polar surface area (TPSA) is 98.8 Å². The van der Waals surface area contributed by atoms with E-state index in [0.29, 0.717) is 17.3 Å². The van der Waals surface area contributed by atoms with E-state index in [1.54, 1.807) is 39.8 Å². The number of aromatic nitrogens is 1. The van der Waals surface area contributed by atoms with Gasteiger partial charge in [0.2, 0.25) is 11.8 Å². The lowest BCUT2D eigenvalue weighted by Crippen LogP contribution is -2.43. The van der Waals surface area contributed by atoms with Gasteiger partial charge in [-0.05, 0) is 75.9 Å². The van der Waals surface area contributed by atoms with Crippen LogP contribution >= 0.6 is 0 Å². The summed E-state index contributed by atoms with van der Waals surface area (Å²) in [5.74, 6) is 1.53. The van der Waals surface area contributed by atoms with Crippen LogP contribution in [-0.4, -0.2) is 28.6 Å². The third-order valence-electron chi connectivity index (χ3n) is 5.50. The van der Waals surface area contributed by atoms with Gasteiger partial charge in [0.1, 0.15) is 29.2 Å². The van der Waals surface area contributed by atoms with Crippen molar-refractivity contribution in [3.05, 3.63) is 78.0 Å². The molecule has 0 fully saturated rings. The summed E-state index contributed by atoms with van der Waals surface area (Å²) in [6.45, 7) is 6.84. The highest BCUT2D eigenvalue weighted by Gasteiger charge is 2.23. The molecule has 188 valence electrons. The number of alkyl carbamates (subject to hydrolysis) is 1. The van der Waals surface area contributed by atoms with E-state index < -0.39 is 17.7 Å². The Bertz CT molecular complexity index is 1210. The van der Waals surface area contributed by atoms with Gasteiger partial charge in [0.15, 0.2) is 0 Å². The summed E-state index contributed by atoms with van der Waals surface area (Å²) >= 11 is 0. The molecule has 8 heteroatoms. The fourth-order valence-corrected chi connectivity index (χ4v) is 3.77. The van der Waals surface area contributed by atoms with Gasteiger partial charge in [-0.15, -0.1) is 0 Å². The molecule has 0 saturated carbocycles. The fourth-order valence-electron chi connectivity index (χ4n) is 3.77. The standard InChI is InChI=1S/C28H31N3O5/c1-18(30-27(33)36-28(2,3)4)26(32)31-21-11-15-25(29-17-21)34-22-12-14-24-20(16-22)10-13-23(35-24)19-8-6-5-7-9-19/h5-9,11-12,14-18,23H,10,13H2,1-4H3,(H,30,33)(H,31,32). The minimum absolute atomic E-state index is 0.0527. The van der Waals surface area contributed by atoms with E-state index >= 15 is 0 Å². The normalized spacial score (nSPS) is 15.6. The number of rotatable bonds is 6. The highest BCUT2D eigenvalue weighted by Crippen LogP contribution is 2.37. The van der Waals surface area contributed by atoms with Crippen LogP contribution in [0.4, 0.5) is 10.5 Å². The van der Waals surface area contributed by atoms with Crippen molar-refractivity contribution in [3.63, 3.8) is 0 Å². The number of pyridine rings is 1. The SMILES string of the molecule is CC(NC(=O)OC(C)(C)C)C(=O)Nc1ccc(Oc2ccc3c(c2)CCC(c2ccccc2)O3)nc1. The number of hydrogen-bond acceptors (Lipinski definition) is 6. The number of fused-ring (bicyclic) bond motifs is 1. The van der Waals surface area contributed by atoms with E-state index in [2.05, 4.69) is 27.8 Å². The van der Waals surface area contributed by atoms with Gasteiger partial charge in [-0.3, -0.25) is 4.79 Å². The summed E-state index contributed by atoms with van der Waals surface area (Å²) in [6, 6.07) is 18.5. The predicted molar refractivity (Wildman–Crippen MR) is 136 cm³/mol. The zero-order chi connectivity index (χ0) is 25.7. The van der Waals surface area contributed by atoms with Crippen molar-refractivity contribution >= 4 is 17.7 Å². The second-order valence-electron chi connectivity index (χ2n) is 9.67. The molecule has 0 aliphatic carbocycles. The molecule has 2 atom stereocenters. The van der Waals surface area contributed by atoms with Crippen LogP contribution in [0, 0.1) is 0 Å². The number of nitrogens with one attached hydrogen (secondary N) is 2. The molecule has 0 radical (unpaired) electrons. The summed E-state index contributed by atoms with van der Waals surface area (Å²) < 4.78 is 17.3. The number of ether oxygens (including phenoxy) is 3. The van der Waals surface area contributed by atoms with Gasteiger partial charge in [0, 0.05) is 6.07 Å². The maximum atomic E-state index is 12.4. The number of amides is 2. The van der Waals surface area contributed by atoms with Crippen LogP contribution < -0.4 is 20.1 Å². The largest absolute Gasteiger partial charge is 0.485 e. The quantitative estimate of drug-likeness (QED) is 0.455. The van der Waals surface area contributed by atoms with Gasteiger partial charge in [-0.25, -0.2) is 9.78 Å². The minimum Gasteiger partial charge on any atom is -0.485 e. The molecule has 36 heavy (non-hydrogen) atoms. The summed E-state index contributed by atoms with van der Waals surface area (Å²) in [5.41, 5.74) is 2.11. The van der Waals surface area contributed by atoms with Gasteiger partial charge >= 0.3 is 6.09 Å². The van der Waals surface area contributed by atoms with E-state index in [1.807, 2.05) is 36.4 Å². The number of nitrogens with zero attached hydrogens (tertiary/aromatic N) is 1. The molecule has 1 aliphatic heterocycles. The van der Waals surface area contributed by atoms with Crippen molar-refractivity contribution in [3.8, 4) is 17.4 Å². The maximum Gasteiger partial charge on any atom is 0.408 e. The van der Waals surface area contributed by atoms with E-state index in [4.69, 9.17) is 14.2 Å². The molecular formula is C28H31N3O5. The average molecular weight is 490 g/mol. The predicted octanol–water partition coefficient (Wildman–Crippen LogP) is 5.79. The second-order valence-corrected chi connectivity index (χ2v) is 9.67. The number of carbonyl (C=O) groups excluding carboxylic acids is 2. The monoisotopic (exact) mass is 489 g/mol. The molecule has 2 amide bonds. The van der Waals surface area contributed by atoms with Gasteiger partial charge < -0.3 is 24.8 Å². The third-order valence-corrected chi connectivity index (χ3v) is 5.50. The second kappa shape index (κ2) is 10.7. The summed E-state index contributed by atoms with van der Waals surface area (Å²) in [5, 5.41) is 5.22. The Kier molecular flexibility index (Phi) is 7.43. The Morgan fingerprint density at radius 3 is 2.56 bits per heavy atom. The Labute approximate surface area is 211 Å². The van der Waals surface area contributed by atoms with E-state index in [1.165, 1.54) is 11.8 Å². The Hall–Kier alpha value is -4.07. The molecule has 8 nitrogen and oxygen atoms in total. The molecule has 2 aromatic carbocycles. The van der Waals surface area contributed by atoms with Gasteiger partial charge in [0.25, 0.3) is 0 Å². The van der Waals surface area contributed by atoms with Crippen LogP contribution in [0.5, 0.6) is 17.4 Å². The van der Waals surface area contributed by atoms with Crippen molar-refractivity contribution < 1.29 is 23.8 Å². The molecule has 0 spiro atoms. The Morgan fingerprint density at radius 1 is 1.08 bits per heavy atom. The first-order chi connectivity index (χ1) is 17.2. The molecule has 4 rings (SSSR count). The number of hydrogen-bond donors (Lipinski definition) is 2. The van der Waals surface area contributed by atoms with Crippen LogP contribution in [0.25, 0.3) is 0 Å². The zero-order valence-corrected chi connectivity index (χ0v) is 20.9. The zero-order valence-electron chi connectivity index (χ0n) is 20.9. The van der Waals surface area contributed by atoms with Crippen LogP contribution in [0.1, 0.15) is 51.3 Å². The molecular weight excluding hydrogens is 458 g/mol. The lowest BCUT2D eigenvalue weighted by atomic mass is 9.97. The Balaban J connectivity index is 1.31. The van der Waals surface area contributed by atoms with Crippen LogP contribution in [0.3, 0.4) is 0 Å². The molecule has 2 N–H and O–H groups in total. The number of anilines is 1. The highest BCUT2D eigenvalue weighted by atomic mass is 16.6. The fraction of sp³-hybridized carbons (Fsp3) is 0.321. The molecule has 1 aromatic heterocycles. The first-order valence-corrected chi connectivity index (χ1v) is 11.9. The first kappa shape index (κ1) is 25.0. The van der Waals surface area contributed by atoms with Crippen molar-refractivity contribution in [2.75, 3.05) is 5.32 Å². The average Bonchev–Trinajstić information content (AvgIpc) is 2.84. The summed E-state index contributed by atoms with van der Waals surface area (Å²) in [4.78, 5) is 28.5. The van der Waals surface area contributed by atoms with Crippen LogP contribution in [0.2, 0.25) is 0 Å². The molecule has 0 saturated heterocycles. The number of benzene rings is 2. The number of carbonyl (C=O) groups is 2. The van der Waals surface area contributed by atoms with Gasteiger partial charge in [-0.1, -0.05) is 30.3 Å². The molecule has 2 heterocycles. The first-order valence-electron chi connectivity index (χ1n) is 11.9.